The molecule has 0 saturated carbocycles. The number of ether oxygens (including phenoxy) is 1. The van der Waals surface area contributed by atoms with Gasteiger partial charge in [-0.1, -0.05) is 0 Å². The van der Waals surface area contributed by atoms with E-state index < -0.39 is 0 Å². The molecule has 5 nitrogen and oxygen atoms in total. The molecule has 0 atom stereocenters. The van der Waals surface area contributed by atoms with Crippen molar-refractivity contribution in [1.82, 2.24) is 9.78 Å². The Bertz CT molecular complexity index is 572. The lowest BCUT2D eigenvalue weighted by Crippen LogP contribution is -2.09. The molecule has 0 fully saturated rings. The van der Waals surface area contributed by atoms with Crippen LogP contribution in [0.2, 0.25) is 0 Å². The fraction of sp³-hybridized carbons (Fsp3) is 0.333. The lowest BCUT2D eigenvalue weighted by atomic mass is 10.1. The van der Waals surface area contributed by atoms with Crippen LogP contribution < -0.4 is 4.90 Å². The van der Waals surface area contributed by atoms with Crippen LogP contribution in [0.15, 0.2) is 18.2 Å². The number of hydrogen-bond acceptors (Lipinski definition) is 4. The summed E-state index contributed by atoms with van der Waals surface area (Å²) in [6.45, 7) is 0. The van der Waals surface area contributed by atoms with Gasteiger partial charge in [0.25, 0.3) is 0 Å². The Morgan fingerprint density at radius 2 is 2.12 bits per heavy atom. The number of esters is 1. The van der Waals surface area contributed by atoms with Crippen LogP contribution in [0, 0.1) is 0 Å². The molecule has 0 aliphatic carbocycles. The van der Waals surface area contributed by atoms with Crippen molar-refractivity contribution in [1.29, 1.82) is 0 Å². The van der Waals surface area contributed by atoms with Crippen molar-refractivity contribution < 1.29 is 9.53 Å². The number of carbonyl (C=O) groups is 1. The molecule has 0 unspecified atom stereocenters. The van der Waals surface area contributed by atoms with Crippen LogP contribution >= 0.6 is 0 Å². The highest BCUT2D eigenvalue weighted by Crippen LogP contribution is 2.25. The largest absolute Gasteiger partial charge is 0.465 e. The van der Waals surface area contributed by atoms with E-state index in [9.17, 15) is 4.79 Å². The quantitative estimate of drug-likeness (QED) is 0.736. The lowest BCUT2D eigenvalue weighted by Gasteiger charge is -2.07. The maximum Gasteiger partial charge on any atom is 0.337 e. The zero-order valence-electron chi connectivity index (χ0n) is 10.4. The average Bonchev–Trinajstić information content (AvgIpc) is 2.65. The van der Waals surface area contributed by atoms with E-state index in [0.717, 1.165) is 16.7 Å². The number of anilines is 1. The molecule has 0 N–H and O–H groups in total. The summed E-state index contributed by atoms with van der Waals surface area (Å²) >= 11 is 0. The van der Waals surface area contributed by atoms with Crippen LogP contribution in [0.4, 0.5) is 5.82 Å². The van der Waals surface area contributed by atoms with Crippen LogP contribution in [-0.4, -0.2) is 37.0 Å². The van der Waals surface area contributed by atoms with Crippen molar-refractivity contribution in [3.8, 4) is 0 Å². The molecule has 0 spiro atoms. The zero-order chi connectivity index (χ0) is 12.6. The number of aryl methyl sites for hydroxylation is 1. The van der Waals surface area contributed by atoms with Gasteiger partial charge in [-0.25, -0.2) is 4.79 Å². The summed E-state index contributed by atoms with van der Waals surface area (Å²) in [6.07, 6.45) is 0. The van der Waals surface area contributed by atoms with Gasteiger partial charge in [0.05, 0.1) is 18.2 Å². The molecule has 0 aliphatic rings. The third kappa shape index (κ3) is 1.84. The average molecular weight is 233 g/mol. The van der Waals surface area contributed by atoms with E-state index in [1.165, 1.54) is 7.11 Å². The number of carbonyl (C=O) groups excluding carboxylic acids is 1. The standard InChI is InChI=1S/C12H15N3O2/c1-14(2)11-9-6-5-8(12(16)17-4)7-10(9)15(3)13-11/h5-7H,1-4H3. The van der Waals surface area contributed by atoms with Gasteiger partial charge < -0.3 is 9.64 Å². The summed E-state index contributed by atoms with van der Waals surface area (Å²) < 4.78 is 6.46. The highest BCUT2D eigenvalue weighted by atomic mass is 16.5. The number of methoxy groups -OCH3 is 1. The first kappa shape index (κ1) is 11.4. The van der Waals surface area contributed by atoms with Crippen molar-refractivity contribution in [3.05, 3.63) is 23.8 Å². The van der Waals surface area contributed by atoms with Gasteiger partial charge in [0, 0.05) is 26.5 Å². The monoisotopic (exact) mass is 233 g/mol. The van der Waals surface area contributed by atoms with Crippen molar-refractivity contribution in [2.45, 2.75) is 0 Å². The summed E-state index contributed by atoms with van der Waals surface area (Å²) in [6, 6.07) is 5.44. The van der Waals surface area contributed by atoms with Crippen LogP contribution in [0.1, 0.15) is 10.4 Å². The summed E-state index contributed by atoms with van der Waals surface area (Å²) in [5.74, 6) is 0.554. The Hall–Kier alpha value is -2.04. The van der Waals surface area contributed by atoms with Gasteiger partial charge in [0.15, 0.2) is 5.82 Å². The summed E-state index contributed by atoms with van der Waals surface area (Å²) in [7, 11) is 7.11. The van der Waals surface area contributed by atoms with E-state index in [1.54, 1.807) is 16.8 Å². The Labute approximate surface area is 99.6 Å². The third-order valence-electron chi connectivity index (χ3n) is 2.68. The topological polar surface area (TPSA) is 47.4 Å². The molecular weight excluding hydrogens is 218 g/mol. The van der Waals surface area contributed by atoms with E-state index in [2.05, 4.69) is 5.10 Å². The predicted octanol–water partition coefficient (Wildman–Crippen LogP) is 1.43. The van der Waals surface area contributed by atoms with E-state index in [-0.39, 0.29) is 5.97 Å². The molecule has 0 aliphatic heterocycles. The molecule has 90 valence electrons. The molecule has 1 heterocycles. The van der Waals surface area contributed by atoms with Crippen LogP contribution in [0.25, 0.3) is 10.9 Å². The highest BCUT2D eigenvalue weighted by Gasteiger charge is 2.13. The maximum absolute atomic E-state index is 11.4. The number of hydrogen-bond donors (Lipinski definition) is 0. The molecule has 0 amide bonds. The summed E-state index contributed by atoms with van der Waals surface area (Å²) in [5.41, 5.74) is 1.45. The van der Waals surface area contributed by atoms with Gasteiger partial charge in [0.2, 0.25) is 0 Å². The van der Waals surface area contributed by atoms with Gasteiger partial charge in [-0.3, -0.25) is 4.68 Å². The second-order valence-corrected chi connectivity index (χ2v) is 4.07. The minimum atomic E-state index is -0.334. The minimum absolute atomic E-state index is 0.334. The van der Waals surface area contributed by atoms with E-state index >= 15 is 0 Å². The van der Waals surface area contributed by atoms with Crippen molar-refractivity contribution >= 4 is 22.7 Å². The summed E-state index contributed by atoms with van der Waals surface area (Å²) in [5, 5.41) is 5.42. The Balaban J connectivity index is 2.63. The third-order valence-corrected chi connectivity index (χ3v) is 2.68. The SMILES string of the molecule is COC(=O)c1ccc2c(N(C)C)nn(C)c2c1. The lowest BCUT2D eigenvalue weighted by molar-refractivity contribution is 0.0601. The minimum Gasteiger partial charge on any atom is -0.465 e. The Kier molecular flexibility index (Phi) is 2.75. The fourth-order valence-electron chi connectivity index (χ4n) is 1.81. The van der Waals surface area contributed by atoms with Gasteiger partial charge in [-0.15, -0.1) is 0 Å². The van der Waals surface area contributed by atoms with Crippen molar-refractivity contribution in [2.24, 2.45) is 7.05 Å². The summed E-state index contributed by atoms with van der Waals surface area (Å²) in [4.78, 5) is 13.4. The molecule has 17 heavy (non-hydrogen) atoms. The predicted molar refractivity (Wildman–Crippen MR) is 66.4 cm³/mol. The molecular formula is C12H15N3O2. The van der Waals surface area contributed by atoms with Crippen LogP contribution in [0.3, 0.4) is 0 Å². The van der Waals surface area contributed by atoms with Crippen LogP contribution in [-0.2, 0) is 11.8 Å². The first-order chi connectivity index (χ1) is 8.04. The number of rotatable bonds is 2. The van der Waals surface area contributed by atoms with Gasteiger partial charge in [-0.2, -0.15) is 5.10 Å². The second kappa shape index (κ2) is 4.08. The van der Waals surface area contributed by atoms with E-state index in [1.807, 2.05) is 32.1 Å². The Morgan fingerprint density at radius 1 is 1.41 bits per heavy atom. The smallest absolute Gasteiger partial charge is 0.337 e. The number of aromatic nitrogens is 2. The van der Waals surface area contributed by atoms with Gasteiger partial charge in [0.1, 0.15) is 0 Å². The number of benzene rings is 1. The first-order valence-electron chi connectivity index (χ1n) is 5.27. The Morgan fingerprint density at radius 3 is 2.71 bits per heavy atom. The molecule has 1 aromatic carbocycles. The normalized spacial score (nSPS) is 10.6. The number of fused-ring (bicyclic) bond motifs is 1. The molecule has 0 radical (unpaired) electrons. The maximum atomic E-state index is 11.4. The molecule has 2 aromatic rings. The van der Waals surface area contributed by atoms with E-state index in [4.69, 9.17) is 4.74 Å². The van der Waals surface area contributed by atoms with Gasteiger partial charge in [-0.05, 0) is 18.2 Å². The highest BCUT2D eigenvalue weighted by molar-refractivity contribution is 5.97. The zero-order valence-corrected chi connectivity index (χ0v) is 10.4. The van der Waals surface area contributed by atoms with Crippen LogP contribution in [0.5, 0.6) is 0 Å². The molecule has 5 heteroatoms. The number of nitrogens with zero attached hydrogens (tertiary/aromatic N) is 3. The van der Waals surface area contributed by atoms with Crippen molar-refractivity contribution in [3.63, 3.8) is 0 Å². The molecule has 2 rings (SSSR count). The fourth-order valence-corrected chi connectivity index (χ4v) is 1.81. The van der Waals surface area contributed by atoms with E-state index in [0.29, 0.717) is 5.56 Å². The first-order valence-corrected chi connectivity index (χ1v) is 5.27. The molecule has 0 bridgehead atoms. The molecule has 0 saturated heterocycles. The second-order valence-electron chi connectivity index (χ2n) is 4.07. The van der Waals surface area contributed by atoms with Gasteiger partial charge >= 0.3 is 5.97 Å². The van der Waals surface area contributed by atoms with Crippen molar-refractivity contribution in [2.75, 3.05) is 26.1 Å². The molecule has 1 aromatic heterocycles.